The average molecular weight is 432 g/mol. The molecule has 0 atom stereocenters. The number of thiazole rings is 1. The van der Waals surface area contributed by atoms with Crippen LogP contribution in [0, 0.1) is 6.92 Å². The highest BCUT2D eigenvalue weighted by atomic mass is 79.9. The minimum Gasteiger partial charge on any atom is -0.506 e. The van der Waals surface area contributed by atoms with Crippen LogP contribution >= 0.6 is 43.2 Å². The first-order valence-corrected chi connectivity index (χ1v) is 9.37. The topological polar surface area (TPSA) is 36.4 Å². The monoisotopic (exact) mass is 430 g/mol. The number of anilines is 1. The number of benzene rings is 1. The second-order valence-electron chi connectivity index (χ2n) is 5.23. The molecule has 112 valence electrons. The molecule has 21 heavy (non-hydrogen) atoms. The fraction of sp³-hybridized carbons (Fsp3) is 0.400. The molecule has 1 aromatic heterocycles. The molecule has 0 saturated carbocycles. The molecule has 2 heterocycles. The van der Waals surface area contributed by atoms with Crippen molar-refractivity contribution in [2.24, 2.45) is 0 Å². The molecule has 1 N–H and O–H groups in total. The fourth-order valence-electron chi connectivity index (χ4n) is 2.60. The van der Waals surface area contributed by atoms with Gasteiger partial charge in [-0.15, -0.1) is 11.3 Å². The molecule has 0 amide bonds. The van der Waals surface area contributed by atoms with Gasteiger partial charge >= 0.3 is 0 Å². The third-order valence-corrected chi connectivity index (χ3v) is 5.79. The van der Waals surface area contributed by atoms with Crippen LogP contribution in [0.5, 0.6) is 5.75 Å². The van der Waals surface area contributed by atoms with Crippen LogP contribution in [0.4, 0.5) is 5.13 Å². The van der Waals surface area contributed by atoms with Crippen LogP contribution in [0.1, 0.15) is 24.1 Å². The third kappa shape index (κ3) is 3.12. The molecule has 1 aliphatic heterocycles. The standard InChI is InChI=1S/C15H16Br2N2OS/c1-9-13(11-7-10(16)8-12(17)14(11)20)18-15(21-9)19-5-3-2-4-6-19/h7-8,20H,2-6H2,1H3. The number of aryl methyl sites for hydroxylation is 1. The lowest BCUT2D eigenvalue weighted by atomic mass is 10.1. The van der Waals surface area contributed by atoms with Gasteiger partial charge in [-0.1, -0.05) is 15.9 Å². The number of halogens is 2. The molecule has 1 aromatic carbocycles. The highest BCUT2D eigenvalue weighted by Gasteiger charge is 2.20. The predicted molar refractivity (Wildman–Crippen MR) is 95.4 cm³/mol. The maximum Gasteiger partial charge on any atom is 0.186 e. The number of rotatable bonds is 2. The first-order valence-electron chi connectivity index (χ1n) is 6.97. The number of aromatic nitrogens is 1. The van der Waals surface area contributed by atoms with Crippen molar-refractivity contribution in [2.45, 2.75) is 26.2 Å². The first kappa shape index (κ1) is 15.3. The van der Waals surface area contributed by atoms with Gasteiger partial charge < -0.3 is 10.0 Å². The van der Waals surface area contributed by atoms with E-state index in [0.717, 1.165) is 38.8 Å². The molecule has 0 spiro atoms. The van der Waals surface area contributed by atoms with E-state index in [1.54, 1.807) is 11.3 Å². The minimum atomic E-state index is 0.247. The van der Waals surface area contributed by atoms with Crippen molar-refractivity contribution in [3.05, 3.63) is 26.0 Å². The van der Waals surface area contributed by atoms with Crippen LogP contribution in [-0.4, -0.2) is 23.2 Å². The molecule has 2 aromatic rings. The summed E-state index contributed by atoms with van der Waals surface area (Å²) in [5, 5.41) is 11.4. The van der Waals surface area contributed by atoms with E-state index in [-0.39, 0.29) is 5.75 Å². The van der Waals surface area contributed by atoms with Crippen molar-refractivity contribution < 1.29 is 5.11 Å². The van der Waals surface area contributed by atoms with Crippen LogP contribution in [-0.2, 0) is 0 Å². The largest absolute Gasteiger partial charge is 0.506 e. The smallest absolute Gasteiger partial charge is 0.186 e. The Kier molecular flexibility index (Phi) is 4.57. The maximum atomic E-state index is 10.3. The van der Waals surface area contributed by atoms with Gasteiger partial charge in [0.05, 0.1) is 10.2 Å². The molecular formula is C15H16Br2N2OS. The molecule has 1 aliphatic rings. The summed E-state index contributed by atoms with van der Waals surface area (Å²) >= 11 is 8.57. The van der Waals surface area contributed by atoms with E-state index in [1.807, 2.05) is 12.1 Å². The number of hydrogen-bond donors (Lipinski definition) is 1. The van der Waals surface area contributed by atoms with Crippen LogP contribution < -0.4 is 4.90 Å². The van der Waals surface area contributed by atoms with E-state index in [2.05, 4.69) is 43.7 Å². The van der Waals surface area contributed by atoms with E-state index >= 15 is 0 Å². The summed E-state index contributed by atoms with van der Waals surface area (Å²) in [4.78, 5) is 8.28. The van der Waals surface area contributed by atoms with Crippen LogP contribution in [0.25, 0.3) is 11.3 Å². The zero-order valence-corrected chi connectivity index (χ0v) is 15.7. The Morgan fingerprint density at radius 2 is 1.90 bits per heavy atom. The summed E-state index contributed by atoms with van der Waals surface area (Å²) in [7, 11) is 0. The lowest BCUT2D eigenvalue weighted by Gasteiger charge is -2.25. The zero-order valence-electron chi connectivity index (χ0n) is 11.7. The van der Waals surface area contributed by atoms with Gasteiger partial charge in [0, 0.05) is 28.0 Å². The van der Waals surface area contributed by atoms with Crippen molar-refractivity contribution in [2.75, 3.05) is 18.0 Å². The first-order chi connectivity index (χ1) is 10.1. The second kappa shape index (κ2) is 6.26. The molecule has 0 unspecified atom stereocenters. The van der Waals surface area contributed by atoms with Crippen molar-refractivity contribution >= 4 is 48.3 Å². The van der Waals surface area contributed by atoms with Crippen LogP contribution in [0.3, 0.4) is 0 Å². The van der Waals surface area contributed by atoms with Gasteiger partial charge in [0.15, 0.2) is 5.13 Å². The fourth-order valence-corrected chi connectivity index (χ4v) is 4.80. The molecule has 0 aliphatic carbocycles. The second-order valence-corrected chi connectivity index (χ2v) is 8.18. The lowest BCUT2D eigenvalue weighted by Crippen LogP contribution is -2.29. The number of aromatic hydroxyl groups is 1. The highest BCUT2D eigenvalue weighted by molar-refractivity contribution is 9.11. The van der Waals surface area contributed by atoms with Crippen LogP contribution in [0.2, 0.25) is 0 Å². The third-order valence-electron chi connectivity index (χ3n) is 3.70. The molecule has 1 saturated heterocycles. The van der Waals surface area contributed by atoms with Gasteiger partial charge in [-0.25, -0.2) is 4.98 Å². The van der Waals surface area contributed by atoms with Crippen molar-refractivity contribution in [1.29, 1.82) is 0 Å². The summed E-state index contributed by atoms with van der Waals surface area (Å²) in [5.74, 6) is 0.247. The Bertz CT molecular complexity index is 666. The van der Waals surface area contributed by atoms with Crippen molar-refractivity contribution in [1.82, 2.24) is 4.98 Å². The lowest BCUT2D eigenvalue weighted by molar-refractivity contribution is 0.473. The Morgan fingerprint density at radius 1 is 1.19 bits per heavy atom. The number of phenols is 1. The van der Waals surface area contributed by atoms with Gasteiger partial charge in [-0.05, 0) is 54.2 Å². The Hall–Kier alpha value is -0.590. The summed E-state index contributed by atoms with van der Waals surface area (Å²) in [6.07, 6.45) is 3.79. The number of phenolic OH excluding ortho intramolecular Hbond substituents is 1. The molecule has 6 heteroatoms. The van der Waals surface area contributed by atoms with Crippen molar-refractivity contribution in [3.8, 4) is 17.0 Å². The van der Waals surface area contributed by atoms with Gasteiger partial charge in [-0.3, -0.25) is 0 Å². The number of nitrogens with zero attached hydrogens (tertiary/aromatic N) is 2. The molecule has 3 rings (SSSR count). The Morgan fingerprint density at radius 3 is 2.62 bits per heavy atom. The summed E-state index contributed by atoms with van der Waals surface area (Å²) < 4.78 is 1.60. The molecule has 1 fully saturated rings. The van der Waals surface area contributed by atoms with E-state index in [0.29, 0.717) is 4.47 Å². The highest BCUT2D eigenvalue weighted by Crippen LogP contribution is 2.42. The van der Waals surface area contributed by atoms with E-state index < -0.39 is 0 Å². The SMILES string of the molecule is Cc1sc(N2CCCCC2)nc1-c1cc(Br)cc(Br)c1O. The van der Waals surface area contributed by atoms with Crippen LogP contribution in [0.15, 0.2) is 21.1 Å². The van der Waals surface area contributed by atoms with E-state index in [9.17, 15) is 5.11 Å². The molecular weight excluding hydrogens is 416 g/mol. The quantitative estimate of drug-likeness (QED) is 0.697. The molecule has 0 bridgehead atoms. The van der Waals surface area contributed by atoms with Gasteiger partial charge in [0.1, 0.15) is 5.75 Å². The van der Waals surface area contributed by atoms with E-state index in [4.69, 9.17) is 4.98 Å². The Labute approximate surface area is 145 Å². The van der Waals surface area contributed by atoms with Gasteiger partial charge in [-0.2, -0.15) is 0 Å². The summed E-state index contributed by atoms with van der Waals surface area (Å²) in [6.45, 7) is 4.23. The van der Waals surface area contributed by atoms with Crippen molar-refractivity contribution in [3.63, 3.8) is 0 Å². The number of piperidine rings is 1. The summed E-state index contributed by atoms with van der Waals surface area (Å²) in [6, 6.07) is 3.76. The summed E-state index contributed by atoms with van der Waals surface area (Å²) in [5.41, 5.74) is 1.65. The maximum absolute atomic E-state index is 10.3. The average Bonchev–Trinajstić information content (AvgIpc) is 2.86. The minimum absolute atomic E-state index is 0.247. The predicted octanol–water partition coefficient (Wildman–Crippen LogP) is 5.34. The Balaban J connectivity index is 2.01. The zero-order chi connectivity index (χ0) is 15.0. The van der Waals surface area contributed by atoms with Gasteiger partial charge in [0.2, 0.25) is 0 Å². The number of hydrogen-bond acceptors (Lipinski definition) is 4. The normalized spacial score (nSPS) is 15.5. The molecule has 0 radical (unpaired) electrons. The van der Waals surface area contributed by atoms with E-state index in [1.165, 1.54) is 19.3 Å². The molecule has 3 nitrogen and oxygen atoms in total. The van der Waals surface area contributed by atoms with Gasteiger partial charge in [0.25, 0.3) is 0 Å².